The maximum Gasteiger partial charge on any atom is 0.410 e. The highest BCUT2D eigenvalue weighted by molar-refractivity contribution is 6.31. The van der Waals surface area contributed by atoms with E-state index in [0.29, 0.717) is 82.3 Å². The zero-order valence-corrected chi connectivity index (χ0v) is 31.5. The first-order valence-electron chi connectivity index (χ1n) is 18.5. The van der Waals surface area contributed by atoms with E-state index in [1.807, 2.05) is 75.1 Å². The van der Waals surface area contributed by atoms with Crippen molar-refractivity contribution in [2.24, 2.45) is 0 Å². The fourth-order valence-electron chi connectivity index (χ4n) is 7.63. The van der Waals surface area contributed by atoms with Gasteiger partial charge in [0.2, 0.25) is 0 Å². The highest BCUT2D eigenvalue weighted by Crippen LogP contribution is 2.29. The van der Waals surface area contributed by atoms with Gasteiger partial charge in [-0.2, -0.15) is 0 Å². The molecule has 2 atom stereocenters. The molecule has 0 bridgehead atoms. The minimum absolute atomic E-state index is 0.00172. The highest BCUT2D eigenvalue weighted by atomic mass is 35.5. The van der Waals surface area contributed by atoms with Gasteiger partial charge in [0, 0.05) is 88.0 Å². The number of urea groups is 1. The molecule has 13 heteroatoms. The van der Waals surface area contributed by atoms with Crippen molar-refractivity contribution in [1.82, 2.24) is 24.7 Å². The molecule has 280 valence electrons. The molecule has 4 amide bonds. The third kappa shape index (κ3) is 9.09. The van der Waals surface area contributed by atoms with Gasteiger partial charge in [-0.05, 0) is 82.2 Å². The number of aryl methyl sites for hydroxylation is 1. The molecular formula is C39H51ClN6O6. The molecule has 3 saturated heterocycles. The molecule has 6 rings (SSSR count). The van der Waals surface area contributed by atoms with E-state index in [9.17, 15) is 19.2 Å². The van der Waals surface area contributed by atoms with Gasteiger partial charge in [-0.3, -0.25) is 14.5 Å². The molecule has 12 nitrogen and oxygen atoms in total. The minimum atomic E-state index is -1.02. The standard InChI is InChI=1S/C39H51ClN6O6/c1-27-9-10-28(23-33(27)40)24-35(36(48)43-21-19-42(20-22-43)31-14-18-46(32(25-31)26-47)52-39(2,3)4)51-38(50)44-15-12-30(13-16-44)45-17-11-29-7-5-6-8-34(29)41-37(45)49/h5-10,23,30-31,35H,11-22,24-25H2,1-4H3,(H,41,49)/t31?,35-/m1/s1. The van der Waals surface area contributed by atoms with Crippen molar-refractivity contribution in [1.29, 1.82) is 0 Å². The van der Waals surface area contributed by atoms with E-state index < -0.39 is 17.8 Å². The Balaban J connectivity index is 1.06. The number of hydroxylamine groups is 2. The van der Waals surface area contributed by atoms with Crippen LogP contribution in [0.4, 0.5) is 15.3 Å². The molecular weight excluding hydrogens is 684 g/mol. The van der Waals surface area contributed by atoms with Crippen molar-refractivity contribution in [2.75, 3.05) is 57.7 Å². The Morgan fingerprint density at radius 3 is 2.35 bits per heavy atom. The summed E-state index contributed by atoms with van der Waals surface area (Å²) < 4.78 is 6.05. The van der Waals surface area contributed by atoms with E-state index in [0.717, 1.165) is 35.2 Å². The zero-order valence-electron chi connectivity index (χ0n) is 30.7. The maximum absolute atomic E-state index is 14.1. The number of benzene rings is 2. The summed E-state index contributed by atoms with van der Waals surface area (Å²) in [6.45, 7) is 12.1. The second-order valence-corrected chi connectivity index (χ2v) is 15.7. The molecule has 52 heavy (non-hydrogen) atoms. The van der Waals surface area contributed by atoms with E-state index in [4.69, 9.17) is 21.2 Å². The number of piperazine rings is 1. The normalized spacial score (nSPS) is 21.2. The molecule has 0 aliphatic carbocycles. The van der Waals surface area contributed by atoms with E-state index >= 15 is 0 Å². The molecule has 4 aliphatic rings. The van der Waals surface area contributed by atoms with E-state index in [-0.39, 0.29) is 30.4 Å². The van der Waals surface area contributed by atoms with E-state index in [1.165, 1.54) is 0 Å². The van der Waals surface area contributed by atoms with E-state index in [2.05, 4.69) is 16.2 Å². The monoisotopic (exact) mass is 734 g/mol. The summed E-state index contributed by atoms with van der Waals surface area (Å²) in [4.78, 5) is 66.3. The molecule has 0 saturated carbocycles. The second-order valence-electron chi connectivity index (χ2n) is 15.3. The van der Waals surface area contributed by atoms with Crippen LogP contribution in [-0.4, -0.2) is 125 Å². The summed E-state index contributed by atoms with van der Waals surface area (Å²) in [5.41, 5.74) is 3.79. The van der Waals surface area contributed by atoms with Crippen molar-refractivity contribution < 1.29 is 28.8 Å². The van der Waals surface area contributed by atoms with Crippen LogP contribution in [0, 0.1) is 6.92 Å². The predicted octanol–water partition coefficient (Wildman–Crippen LogP) is 5.30. The maximum atomic E-state index is 14.1. The van der Waals surface area contributed by atoms with Gasteiger partial charge >= 0.3 is 12.1 Å². The first-order chi connectivity index (χ1) is 24.9. The quantitative estimate of drug-likeness (QED) is 0.381. The number of nitrogens with one attached hydrogen (secondary N) is 1. The van der Waals surface area contributed by atoms with Crippen LogP contribution < -0.4 is 5.32 Å². The fourth-order valence-corrected chi connectivity index (χ4v) is 7.83. The Morgan fingerprint density at radius 2 is 1.65 bits per heavy atom. The SMILES string of the molecule is Cc1ccc(C[C@@H](OC(=O)N2CCC(N3CCc4ccccc4NC3=O)CC2)C(=O)N2CCN(C3CCN(OC(C)(C)C)C(=C=O)C3)CC2)cc1Cl. The number of nitrogens with zero attached hydrogens (tertiary/aromatic N) is 5. The number of amides is 4. The van der Waals surface area contributed by atoms with Gasteiger partial charge < -0.3 is 24.8 Å². The summed E-state index contributed by atoms with van der Waals surface area (Å²) in [6, 6.07) is 13.5. The Hall–Kier alpha value is -4.09. The van der Waals surface area contributed by atoms with Crippen molar-refractivity contribution in [2.45, 2.75) is 90.0 Å². The van der Waals surface area contributed by atoms with Gasteiger partial charge in [-0.25, -0.2) is 19.4 Å². The van der Waals surface area contributed by atoms with Crippen LogP contribution >= 0.6 is 11.6 Å². The summed E-state index contributed by atoms with van der Waals surface area (Å²) in [5.74, 6) is 1.85. The molecule has 0 aromatic heterocycles. The first-order valence-corrected chi connectivity index (χ1v) is 18.9. The molecule has 4 aliphatic heterocycles. The predicted molar refractivity (Wildman–Crippen MR) is 199 cm³/mol. The van der Waals surface area contributed by atoms with Crippen molar-refractivity contribution in [3.63, 3.8) is 0 Å². The van der Waals surface area contributed by atoms with Crippen molar-refractivity contribution in [3.05, 3.63) is 69.9 Å². The van der Waals surface area contributed by atoms with Gasteiger partial charge in [0.05, 0.1) is 5.60 Å². The van der Waals surface area contributed by atoms with Crippen LogP contribution in [-0.2, 0) is 32.0 Å². The second kappa shape index (κ2) is 16.3. The summed E-state index contributed by atoms with van der Waals surface area (Å²) in [6.07, 6.45) is 2.03. The zero-order chi connectivity index (χ0) is 37.0. The lowest BCUT2D eigenvalue weighted by Crippen LogP contribution is -2.56. The molecule has 3 fully saturated rings. The number of rotatable bonds is 7. The van der Waals surface area contributed by atoms with Crippen LogP contribution in [0.3, 0.4) is 0 Å². The summed E-state index contributed by atoms with van der Waals surface area (Å²) in [7, 11) is 0. The molecule has 2 aromatic rings. The van der Waals surface area contributed by atoms with Gasteiger partial charge in [-0.1, -0.05) is 41.9 Å². The molecule has 2 aromatic carbocycles. The number of para-hydroxylation sites is 1. The number of hydrogen-bond donors (Lipinski definition) is 1. The number of piperidine rings is 2. The Labute approximate surface area is 311 Å². The average Bonchev–Trinajstić information content (AvgIpc) is 3.30. The van der Waals surface area contributed by atoms with Crippen LogP contribution in [0.1, 0.15) is 63.1 Å². The van der Waals surface area contributed by atoms with Crippen molar-refractivity contribution >= 4 is 41.3 Å². The van der Waals surface area contributed by atoms with Crippen LogP contribution in [0.25, 0.3) is 0 Å². The summed E-state index contributed by atoms with van der Waals surface area (Å²) >= 11 is 6.44. The average molecular weight is 735 g/mol. The largest absolute Gasteiger partial charge is 0.436 e. The van der Waals surface area contributed by atoms with Crippen LogP contribution in [0.2, 0.25) is 5.02 Å². The van der Waals surface area contributed by atoms with Gasteiger partial charge in [0.15, 0.2) is 6.10 Å². The molecule has 0 radical (unpaired) electrons. The van der Waals surface area contributed by atoms with Gasteiger partial charge in [-0.15, -0.1) is 0 Å². The third-order valence-electron chi connectivity index (χ3n) is 10.5. The Bertz CT molecular complexity index is 1680. The summed E-state index contributed by atoms with van der Waals surface area (Å²) in [5, 5.41) is 5.31. The molecule has 0 spiro atoms. The number of fused-ring (bicyclic) bond motifs is 1. The van der Waals surface area contributed by atoms with Crippen LogP contribution in [0.5, 0.6) is 0 Å². The minimum Gasteiger partial charge on any atom is -0.436 e. The number of carbonyl (C=O) groups is 3. The molecule has 4 heterocycles. The van der Waals surface area contributed by atoms with Crippen LogP contribution in [0.15, 0.2) is 48.2 Å². The molecule has 1 unspecified atom stereocenters. The van der Waals surface area contributed by atoms with Gasteiger partial charge in [0.25, 0.3) is 5.91 Å². The number of halogens is 1. The number of ether oxygens (including phenoxy) is 1. The lowest BCUT2D eigenvalue weighted by Gasteiger charge is -2.44. The lowest BCUT2D eigenvalue weighted by atomic mass is 10.0. The van der Waals surface area contributed by atoms with Gasteiger partial charge in [0.1, 0.15) is 11.6 Å². The number of anilines is 1. The fraction of sp³-hybridized carbons (Fsp3) is 0.564. The smallest absolute Gasteiger partial charge is 0.410 e. The highest BCUT2D eigenvalue weighted by Gasteiger charge is 2.37. The Morgan fingerprint density at radius 1 is 0.942 bits per heavy atom. The number of carbonyl (C=O) groups excluding carboxylic acids is 4. The number of likely N-dealkylation sites (tertiary alicyclic amines) is 1. The number of hydrogen-bond acceptors (Lipinski definition) is 8. The first kappa shape index (κ1) is 37.7. The topological polar surface area (TPSA) is 115 Å². The van der Waals surface area contributed by atoms with Crippen molar-refractivity contribution in [3.8, 4) is 0 Å². The Kier molecular flexibility index (Phi) is 11.8. The molecule has 1 N–H and O–H groups in total. The lowest BCUT2D eigenvalue weighted by molar-refractivity contribution is -0.216. The van der Waals surface area contributed by atoms with E-state index in [1.54, 1.807) is 14.9 Å². The third-order valence-corrected chi connectivity index (χ3v) is 10.9.